The van der Waals surface area contributed by atoms with Crippen LogP contribution in [0, 0.1) is 0 Å². The molecule has 4 N–H and O–H groups in total. The second-order valence-electron chi connectivity index (χ2n) is 8.40. The Morgan fingerprint density at radius 1 is 1.12 bits per heavy atom. The van der Waals surface area contributed by atoms with Gasteiger partial charge in [0.25, 0.3) is 0 Å². The van der Waals surface area contributed by atoms with Gasteiger partial charge in [-0.05, 0) is 24.0 Å². The van der Waals surface area contributed by atoms with Gasteiger partial charge in [-0.15, -0.1) is 0 Å². The average molecular weight is 486 g/mol. The highest BCUT2D eigenvalue weighted by Crippen LogP contribution is 2.12. The van der Waals surface area contributed by atoms with Crippen LogP contribution in [0.4, 0.5) is 0 Å². The number of sulfone groups is 1. The van der Waals surface area contributed by atoms with Gasteiger partial charge in [-0.1, -0.05) is 60.7 Å². The van der Waals surface area contributed by atoms with E-state index in [0.717, 1.165) is 29.3 Å². The molecule has 2 aromatic rings. The number of nitrogens with one attached hydrogen (secondary N) is 2. The first kappa shape index (κ1) is 25.8. The molecule has 0 saturated carbocycles. The third-order valence-corrected chi connectivity index (χ3v) is 6.09. The normalized spacial score (nSPS) is 18.4. The Morgan fingerprint density at radius 2 is 1.79 bits per heavy atom. The van der Waals surface area contributed by atoms with Crippen molar-refractivity contribution in [2.24, 2.45) is 5.73 Å². The molecule has 1 unspecified atom stereocenters. The summed E-state index contributed by atoms with van der Waals surface area (Å²) in [6.07, 6.45) is 2.78. The fourth-order valence-corrected chi connectivity index (χ4v) is 4.11. The summed E-state index contributed by atoms with van der Waals surface area (Å²) in [7, 11) is -3.34. The van der Waals surface area contributed by atoms with Gasteiger partial charge >= 0.3 is 0 Å². The maximum Gasteiger partial charge on any atom is 0.237 e. The van der Waals surface area contributed by atoms with Crippen LogP contribution >= 0.6 is 0 Å². The van der Waals surface area contributed by atoms with Crippen LogP contribution in [-0.4, -0.2) is 64.2 Å². The van der Waals surface area contributed by atoms with E-state index in [9.17, 15) is 18.0 Å². The maximum absolute atomic E-state index is 12.8. The fraction of sp³-hybridized carbons (Fsp3) is 0.360. The van der Waals surface area contributed by atoms with E-state index < -0.39 is 28.0 Å². The van der Waals surface area contributed by atoms with Crippen molar-refractivity contribution < 1.29 is 22.7 Å². The molecule has 1 saturated heterocycles. The van der Waals surface area contributed by atoms with Crippen LogP contribution in [0.2, 0.25) is 0 Å². The van der Waals surface area contributed by atoms with Gasteiger partial charge in [0.2, 0.25) is 5.91 Å². The molecule has 2 aromatic carbocycles. The molecule has 9 heteroatoms. The lowest BCUT2D eigenvalue weighted by atomic mass is 10.00. The number of hydrogen-bond acceptors (Lipinski definition) is 7. The van der Waals surface area contributed by atoms with E-state index in [-0.39, 0.29) is 18.1 Å². The molecule has 182 valence electrons. The molecule has 0 aliphatic carbocycles. The highest BCUT2D eigenvalue weighted by atomic mass is 32.2. The van der Waals surface area contributed by atoms with Gasteiger partial charge in [-0.3, -0.25) is 9.59 Å². The summed E-state index contributed by atoms with van der Waals surface area (Å²) in [6.45, 7) is 1.73. The third-order valence-electron chi connectivity index (χ3n) is 5.44. The topological polar surface area (TPSA) is 128 Å². The van der Waals surface area contributed by atoms with Crippen LogP contribution in [0.1, 0.15) is 21.5 Å². The van der Waals surface area contributed by atoms with E-state index in [1.165, 1.54) is 6.08 Å². The zero-order chi connectivity index (χ0) is 24.6. The Morgan fingerprint density at radius 3 is 2.41 bits per heavy atom. The molecular weight excluding hydrogens is 454 g/mol. The molecule has 1 aliphatic heterocycles. The van der Waals surface area contributed by atoms with Crippen LogP contribution < -0.4 is 16.4 Å². The van der Waals surface area contributed by atoms with Crippen molar-refractivity contribution in [2.45, 2.75) is 31.0 Å². The van der Waals surface area contributed by atoms with Gasteiger partial charge < -0.3 is 21.1 Å². The third kappa shape index (κ3) is 8.18. The van der Waals surface area contributed by atoms with Gasteiger partial charge in [-0.25, -0.2) is 8.42 Å². The molecule has 8 nitrogen and oxygen atoms in total. The molecule has 1 amide bonds. The molecule has 34 heavy (non-hydrogen) atoms. The highest BCUT2D eigenvalue weighted by Gasteiger charge is 2.23. The van der Waals surface area contributed by atoms with Crippen LogP contribution in [0.5, 0.6) is 0 Å². The van der Waals surface area contributed by atoms with Gasteiger partial charge in [0, 0.05) is 30.3 Å². The first-order valence-corrected chi connectivity index (χ1v) is 13.1. The molecule has 0 spiro atoms. The minimum absolute atomic E-state index is 0.0813. The molecule has 0 aromatic heterocycles. The van der Waals surface area contributed by atoms with Crippen molar-refractivity contribution in [3.63, 3.8) is 0 Å². The van der Waals surface area contributed by atoms with E-state index in [2.05, 4.69) is 10.6 Å². The molecule has 1 heterocycles. The summed E-state index contributed by atoms with van der Waals surface area (Å²) >= 11 is 0. The van der Waals surface area contributed by atoms with Crippen LogP contribution in [0.15, 0.2) is 66.1 Å². The van der Waals surface area contributed by atoms with Crippen LogP contribution in [0.25, 0.3) is 0 Å². The number of ketones is 1. The number of morpholine rings is 1. The molecule has 1 fully saturated rings. The van der Waals surface area contributed by atoms with Crippen molar-refractivity contribution in [1.82, 2.24) is 10.6 Å². The number of carbonyl (C=O) groups is 2. The van der Waals surface area contributed by atoms with E-state index in [4.69, 9.17) is 10.5 Å². The minimum Gasteiger partial charge on any atom is -0.367 e. The van der Waals surface area contributed by atoms with Crippen molar-refractivity contribution in [2.75, 3.05) is 26.0 Å². The van der Waals surface area contributed by atoms with E-state index in [1.54, 1.807) is 24.3 Å². The summed E-state index contributed by atoms with van der Waals surface area (Å²) in [5, 5.41) is 7.07. The first-order valence-electron chi connectivity index (χ1n) is 11.1. The summed E-state index contributed by atoms with van der Waals surface area (Å²) in [5.74, 6) is -0.469. The van der Waals surface area contributed by atoms with Gasteiger partial charge in [-0.2, -0.15) is 0 Å². The molecule has 1 aliphatic rings. The van der Waals surface area contributed by atoms with Crippen molar-refractivity contribution in [3.05, 3.63) is 82.8 Å². The second kappa shape index (κ2) is 12.0. The van der Waals surface area contributed by atoms with Gasteiger partial charge in [0.1, 0.15) is 6.10 Å². The average Bonchev–Trinajstić information content (AvgIpc) is 2.83. The number of Topliss-reactive ketones (excluding diaryl/α,β-unsaturated/α-hetero) is 1. The second-order valence-corrected chi connectivity index (χ2v) is 10.3. The van der Waals surface area contributed by atoms with E-state index in [1.807, 2.05) is 30.3 Å². The monoisotopic (exact) mass is 485 g/mol. The number of amides is 1. The predicted molar refractivity (Wildman–Crippen MR) is 131 cm³/mol. The molecule has 3 rings (SSSR count). The number of rotatable bonds is 10. The standard InChI is InChI=1S/C25H31N3O5S/c1-34(31,32)14-11-21(15-18-5-3-2-4-6-18)28-25(30)22(26)16-19-7-9-20(10-8-19)24(29)23-17-27-12-13-33-23/h2-11,14,21-23,27H,12-13,15-17,26H2,1H3,(H,28,30)/t21-,22+,23?/m1/s1. The summed E-state index contributed by atoms with van der Waals surface area (Å²) in [4.78, 5) is 25.3. The number of hydrogen-bond donors (Lipinski definition) is 3. The lowest BCUT2D eigenvalue weighted by Crippen LogP contribution is -2.46. The predicted octanol–water partition coefficient (Wildman–Crippen LogP) is 1.01. The number of carbonyl (C=O) groups excluding carboxylic acids is 2. The molecule has 0 bridgehead atoms. The summed E-state index contributed by atoms with van der Waals surface area (Å²) in [5.41, 5.74) is 8.45. The Bertz CT molecular complexity index is 1100. The largest absolute Gasteiger partial charge is 0.367 e. The lowest BCUT2D eigenvalue weighted by Gasteiger charge is -2.22. The quantitative estimate of drug-likeness (QED) is 0.429. The van der Waals surface area contributed by atoms with Crippen LogP contribution in [0.3, 0.4) is 0 Å². The van der Waals surface area contributed by atoms with E-state index >= 15 is 0 Å². The smallest absolute Gasteiger partial charge is 0.237 e. The van der Waals surface area contributed by atoms with Crippen molar-refractivity contribution in [1.29, 1.82) is 0 Å². The van der Waals surface area contributed by atoms with Gasteiger partial charge in [0.05, 0.1) is 18.7 Å². The van der Waals surface area contributed by atoms with Crippen LogP contribution in [-0.2, 0) is 32.2 Å². The van der Waals surface area contributed by atoms with Crippen molar-refractivity contribution >= 4 is 21.5 Å². The number of nitrogens with two attached hydrogens (primary N) is 1. The Labute approximate surface area is 200 Å². The highest BCUT2D eigenvalue weighted by molar-refractivity contribution is 7.93. The number of ether oxygens (including phenoxy) is 1. The first-order chi connectivity index (χ1) is 16.2. The Hall–Kier alpha value is -2.85. The Balaban J connectivity index is 1.61. The summed E-state index contributed by atoms with van der Waals surface area (Å²) < 4.78 is 28.6. The minimum atomic E-state index is -3.34. The van der Waals surface area contributed by atoms with Crippen molar-refractivity contribution in [3.8, 4) is 0 Å². The Kier molecular flexibility index (Phi) is 9.12. The van der Waals surface area contributed by atoms with Gasteiger partial charge in [0.15, 0.2) is 15.6 Å². The summed E-state index contributed by atoms with van der Waals surface area (Å²) in [6, 6.07) is 15.1. The molecule has 3 atom stereocenters. The maximum atomic E-state index is 12.8. The zero-order valence-electron chi connectivity index (χ0n) is 19.1. The number of benzene rings is 2. The SMILES string of the molecule is CS(=O)(=O)C=C[C@H](Cc1ccccc1)NC(=O)[C@@H](N)Cc1ccc(C(=O)C2CNCCO2)cc1. The fourth-order valence-electron chi connectivity index (χ4n) is 3.63. The molecular formula is C25H31N3O5S. The lowest BCUT2D eigenvalue weighted by molar-refractivity contribution is -0.122. The van der Waals surface area contributed by atoms with E-state index in [0.29, 0.717) is 25.1 Å². The molecule has 0 radical (unpaired) electrons. The zero-order valence-corrected chi connectivity index (χ0v) is 20.0.